The molecule has 0 heterocycles. The first kappa shape index (κ1) is 14.7. The van der Waals surface area contributed by atoms with Crippen LogP contribution in [0.4, 0.5) is 4.79 Å². The first-order valence-electron chi connectivity index (χ1n) is 6.92. The average molecular weight is 278 g/mol. The van der Waals surface area contributed by atoms with Gasteiger partial charge in [-0.1, -0.05) is 12.1 Å². The van der Waals surface area contributed by atoms with Gasteiger partial charge in [0.2, 0.25) is 0 Å². The highest BCUT2D eigenvalue weighted by Crippen LogP contribution is 2.41. The van der Waals surface area contributed by atoms with Gasteiger partial charge in [0.05, 0.1) is 19.8 Å². The Hall–Kier alpha value is -1.75. The molecule has 1 aliphatic rings. The molecule has 2 amide bonds. The number of carbonyl (C=O) groups excluding carboxylic acids is 1. The van der Waals surface area contributed by atoms with E-state index >= 15 is 0 Å². The second kappa shape index (κ2) is 6.61. The smallest absolute Gasteiger partial charge is 0.317 e. The molecule has 0 saturated heterocycles. The van der Waals surface area contributed by atoms with Crippen molar-refractivity contribution in [1.29, 1.82) is 0 Å². The van der Waals surface area contributed by atoms with Crippen LogP contribution in [-0.4, -0.2) is 43.3 Å². The molecule has 5 heteroatoms. The third kappa shape index (κ3) is 3.63. The Balaban J connectivity index is 2.05. The second-order valence-electron chi connectivity index (χ2n) is 5.18. The lowest BCUT2D eigenvalue weighted by atomic mass is 10.0. The highest BCUT2D eigenvalue weighted by Gasteiger charge is 2.33. The van der Waals surface area contributed by atoms with Crippen molar-refractivity contribution in [2.45, 2.75) is 18.9 Å². The van der Waals surface area contributed by atoms with E-state index in [4.69, 9.17) is 9.84 Å². The lowest BCUT2D eigenvalue weighted by Crippen LogP contribution is -2.41. The van der Waals surface area contributed by atoms with Gasteiger partial charge < -0.3 is 20.1 Å². The van der Waals surface area contributed by atoms with Crippen LogP contribution in [0.1, 0.15) is 24.4 Å². The number of hydrogen-bond donors (Lipinski definition) is 2. The minimum Gasteiger partial charge on any atom is -0.497 e. The average Bonchev–Trinajstić information content (AvgIpc) is 3.29. The van der Waals surface area contributed by atoms with E-state index in [1.807, 2.05) is 24.3 Å². The zero-order valence-corrected chi connectivity index (χ0v) is 12.0. The summed E-state index contributed by atoms with van der Waals surface area (Å²) < 4.78 is 5.15. The lowest BCUT2D eigenvalue weighted by Gasteiger charge is -2.23. The molecule has 0 spiro atoms. The quantitative estimate of drug-likeness (QED) is 0.834. The molecule has 1 aliphatic carbocycles. The molecule has 2 rings (SSSR count). The number of amides is 2. The van der Waals surface area contributed by atoms with E-state index in [9.17, 15) is 4.79 Å². The van der Waals surface area contributed by atoms with Crippen LogP contribution in [0.5, 0.6) is 5.75 Å². The van der Waals surface area contributed by atoms with Gasteiger partial charge in [0, 0.05) is 13.6 Å². The molecule has 110 valence electrons. The third-order valence-electron chi connectivity index (χ3n) is 3.63. The van der Waals surface area contributed by atoms with Crippen LogP contribution in [0, 0.1) is 5.92 Å². The van der Waals surface area contributed by atoms with E-state index in [-0.39, 0.29) is 18.7 Å². The van der Waals surface area contributed by atoms with Crippen LogP contribution in [0.25, 0.3) is 0 Å². The molecule has 20 heavy (non-hydrogen) atoms. The van der Waals surface area contributed by atoms with Crippen molar-refractivity contribution in [2.75, 3.05) is 27.3 Å². The summed E-state index contributed by atoms with van der Waals surface area (Å²) in [6, 6.07) is 7.70. The molecule has 1 unspecified atom stereocenters. The topological polar surface area (TPSA) is 61.8 Å². The minimum absolute atomic E-state index is 0.0272. The Bertz CT molecular complexity index is 443. The number of hydrogen-bond acceptors (Lipinski definition) is 3. The Morgan fingerprint density at radius 3 is 2.60 bits per heavy atom. The van der Waals surface area contributed by atoms with E-state index in [1.54, 1.807) is 14.2 Å². The Morgan fingerprint density at radius 2 is 2.10 bits per heavy atom. The maximum Gasteiger partial charge on any atom is 0.317 e. The van der Waals surface area contributed by atoms with Gasteiger partial charge in [-0.25, -0.2) is 4.79 Å². The zero-order chi connectivity index (χ0) is 14.5. The Kier molecular flexibility index (Phi) is 4.84. The summed E-state index contributed by atoms with van der Waals surface area (Å²) in [4.78, 5) is 13.5. The fraction of sp³-hybridized carbons (Fsp3) is 0.533. The number of likely N-dealkylation sites (N-methyl/N-ethyl adjacent to an activating group) is 1. The molecule has 1 aromatic rings. The number of urea groups is 1. The number of nitrogens with one attached hydrogen (secondary N) is 1. The maximum atomic E-state index is 12.1. The summed E-state index contributed by atoms with van der Waals surface area (Å²) >= 11 is 0. The molecule has 2 N–H and O–H groups in total. The van der Waals surface area contributed by atoms with E-state index in [2.05, 4.69) is 5.32 Å². The Morgan fingerprint density at radius 1 is 1.45 bits per heavy atom. The first-order chi connectivity index (χ1) is 9.65. The molecular formula is C15H22N2O3. The first-order valence-corrected chi connectivity index (χ1v) is 6.92. The monoisotopic (exact) mass is 278 g/mol. The maximum absolute atomic E-state index is 12.1. The van der Waals surface area contributed by atoms with Crippen molar-refractivity contribution in [1.82, 2.24) is 10.2 Å². The summed E-state index contributed by atoms with van der Waals surface area (Å²) in [6.07, 6.45) is 2.28. The number of ether oxygens (including phenoxy) is 1. The largest absolute Gasteiger partial charge is 0.497 e. The highest BCUT2D eigenvalue weighted by atomic mass is 16.5. The van der Waals surface area contributed by atoms with Gasteiger partial charge in [0.25, 0.3) is 0 Å². The molecule has 1 aromatic carbocycles. The number of benzene rings is 1. The predicted molar refractivity (Wildman–Crippen MR) is 76.7 cm³/mol. The number of aliphatic hydroxyl groups excluding tert-OH is 1. The molecule has 0 bridgehead atoms. The van der Waals surface area contributed by atoms with Crippen LogP contribution in [-0.2, 0) is 0 Å². The van der Waals surface area contributed by atoms with E-state index in [1.165, 1.54) is 4.90 Å². The molecular weight excluding hydrogens is 256 g/mol. The van der Waals surface area contributed by atoms with Crippen molar-refractivity contribution in [2.24, 2.45) is 5.92 Å². The van der Waals surface area contributed by atoms with Crippen LogP contribution < -0.4 is 10.1 Å². The van der Waals surface area contributed by atoms with Crippen molar-refractivity contribution >= 4 is 6.03 Å². The summed E-state index contributed by atoms with van der Waals surface area (Å²) in [7, 11) is 3.32. The van der Waals surface area contributed by atoms with E-state index < -0.39 is 0 Å². The minimum atomic E-state index is -0.147. The number of carbonyl (C=O) groups is 1. The van der Waals surface area contributed by atoms with Crippen molar-refractivity contribution in [3.8, 4) is 5.75 Å². The number of methoxy groups -OCH3 is 1. The molecule has 0 radical (unpaired) electrons. The second-order valence-corrected chi connectivity index (χ2v) is 5.18. The summed E-state index contributed by atoms with van der Waals surface area (Å²) in [5.41, 5.74) is 1.10. The van der Waals surface area contributed by atoms with Gasteiger partial charge in [-0.15, -0.1) is 0 Å². The van der Waals surface area contributed by atoms with Gasteiger partial charge in [0.1, 0.15) is 5.75 Å². The summed E-state index contributed by atoms with van der Waals surface area (Å²) in [5, 5.41) is 11.9. The van der Waals surface area contributed by atoms with E-state index in [0.717, 1.165) is 24.2 Å². The van der Waals surface area contributed by atoms with Crippen LogP contribution >= 0.6 is 0 Å². The van der Waals surface area contributed by atoms with Crippen LogP contribution in [0.2, 0.25) is 0 Å². The van der Waals surface area contributed by atoms with Gasteiger partial charge in [-0.3, -0.25) is 0 Å². The number of nitrogens with zero attached hydrogens (tertiary/aromatic N) is 1. The molecule has 0 aromatic heterocycles. The Labute approximate surface area is 119 Å². The van der Waals surface area contributed by atoms with Gasteiger partial charge in [-0.2, -0.15) is 0 Å². The SMILES string of the molecule is COc1ccc(C(NC(=O)N(C)CCO)C2CC2)cc1. The molecule has 5 nitrogen and oxygen atoms in total. The standard InChI is InChI=1S/C15H22N2O3/c1-17(9-10-18)15(19)16-14(11-3-4-11)12-5-7-13(20-2)8-6-12/h5-8,11,14,18H,3-4,9-10H2,1-2H3,(H,16,19). The fourth-order valence-corrected chi connectivity index (χ4v) is 2.21. The van der Waals surface area contributed by atoms with Crippen LogP contribution in [0.3, 0.4) is 0 Å². The molecule has 1 fully saturated rings. The summed E-state index contributed by atoms with van der Waals surface area (Å²) in [6.45, 7) is 0.312. The van der Waals surface area contributed by atoms with Gasteiger partial charge in [0.15, 0.2) is 0 Å². The normalized spacial score (nSPS) is 15.6. The van der Waals surface area contributed by atoms with Gasteiger partial charge in [-0.05, 0) is 36.5 Å². The van der Waals surface area contributed by atoms with Crippen molar-refractivity contribution in [3.63, 3.8) is 0 Å². The highest BCUT2D eigenvalue weighted by molar-refractivity contribution is 5.74. The van der Waals surface area contributed by atoms with Crippen molar-refractivity contribution < 1.29 is 14.6 Å². The number of rotatable bonds is 6. The lowest BCUT2D eigenvalue weighted by molar-refractivity contribution is 0.186. The van der Waals surface area contributed by atoms with Crippen molar-refractivity contribution in [3.05, 3.63) is 29.8 Å². The molecule has 1 atom stereocenters. The predicted octanol–water partition coefficient (Wildman–Crippen LogP) is 1.78. The molecule has 1 saturated carbocycles. The fourth-order valence-electron chi connectivity index (χ4n) is 2.21. The third-order valence-corrected chi connectivity index (χ3v) is 3.63. The summed E-state index contributed by atoms with van der Waals surface area (Å²) in [5.74, 6) is 1.32. The molecule has 0 aliphatic heterocycles. The number of aliphatic hydroxyl groups is 1. The van der Waals surface area contributed by atoms with Crippen LogP contribution in [0.15, 0.2) is 24.3 Å². The zero-order valence-electron chi connectivity index (χ0n) is 12.0. The van der Waals surface area contributed by atoms with Gasteiger partial charge >= 0.3 is 6.03 Å². The van der Waals surface area contributed by atoms with E-state index in [0.29, 0.717) is 12.5 Å².